The summed E-state index contributed by atoms with van der Waals surface area (Å²) in [5.41, 5.74) is 0.754. The van der Waals surface area contributed by atoms with E-state index in [1.165, 1.54) is 41.3 Å². The minimum atomic E-state index is -3.63. The Hall–Kier alpha value is -1.63. The van der Waals surface area contributed by atoms with E-state index in [9.17, 15) is 17.6 Å². The zero-order chi connectivity index (χ0) is 18.9. The molecule has 1 heterocycles. The van der Waals surface area contributed by atoms with Gasteiger partial charge in [-0.25, -0.2) is 12.8 Å². The lowest BCUT2D eigenvalue weighted by molar-refractivity contribution is -0.118. The molecule has 1 amide bonds. The molecule has 2 aromatic rings. The molecule has 0 N–H and O–H groups in total. The van der Waals surface area contributed by atoms with Gasteiger partial charge in [-0.05, 0) is 54.8 Å². The second kappa shape index (κ2) is 7.55. The summed E-state index contributed by atoms with van der Waals surface area (Å²) in [6, 6.07) is 8.45. The average Bonchev–Trinajstić information content (AvgIpc) is 2.63. The largest absolute Gasteiger partial charge is 0.309 e. The summed E-state index contributed by atoms with van der Waals surface area (Å²) < 4.78 is 39.0. The SMILES string of the molecule is O=C(CCS(=O)(=O)c1ccc(Cl)cc1)N1CCCc2c(Cl)ccc(F)c21. The number of amides is 1. The molecule has 26 heavy (non-hydrogen) atoms. The lowest BCUT2D eigenvalue weighted by Crippen LogP contribution is -2.37. The molecule has 0 saturated heterocycles. The third-order valence-electron chi connectivity index (χ3n) is 4.31. The van der Waals surface area contributed by atoms with Crippen molar-refractivity contribution in [3.05, 3.63) is 57.8 Å². The average molecular weight is 416 g/mol. The highest BCUT2D eigenvalue weighted by atomic mass is 35.5. The van der Waals surface area contributed by atoms with Gasteiger partial charge in [0.25, 0.3) is 0 Å². The van der Waals surface area contributed by atoms with Crippen LogP contribution in [-0.4, -0.2) is 26.6 Å². The van der Waals surface area contributed by atoms with Gasteiger partial charge in [-0.15, -0.1) is 0 Å². The van der Waals surface area contributed by atoms with Gasteiger partial charge in [-0.1, -0.05) is 23.2 Å². The number of carbonyl (C=O) groups excluding carboxylic acids is 1. The normalized spacial score (nSPS) is 14.2. The molecule has 0 aliphatic carbocycles. The topological polar surface area (TPSA) is 54.5 Å². The molecule has 0 bridgehead atoms. The molecule has 0 spiro atoms. The smallest absolute Gasteiger partial charge is 0.228 e. The second-order valence-electron chi connectivity index (χ2n) is 6.03. The molecule has 0 radical (unpaired) electrons. The van der Waals surface area contributed by atoms with Gasteiger partial charge in [0.1, 0.15) is 5.82 Å². The Morgan fingerprint density at radius 3 is 2.50 bits per heavy atom. The number of rotatable bonds is 4. The van der Waals surface area contributed by atoms with Crippen LogP contribution in [0.1, 0.15) is 18.4 Å². The first kappa shape index (κ1) is 19.1. The quantitative estimate of drug-likeness (QED) is 0.748. The zero-order valence-corrected chi connectivity index (χ0v) is 16.0. The van der Waals surface area contributed by atoms with Crippen molar-refractivity contribution >= 4 is 44.6 Å². The second-order valence-corrected chi connectivity index (χ2v) is 8.98. The summed E-state index contributed by atoms with van der Waals surface area (Å²) in [6.45, 7) is 0.337. The number of benzene rings is 2. The Kier molecular flexibility index (Phi) is 5.55. The first-order valence-electron chi connectivity index (χ1n) is 8.05. The molecule has 3 rings (SSSR count). The highest BCUT2D eigenvalue weighted by Crippen LogP contribution is 2.35. The summed E-state index contributed by atoms with van der Waals surface area (Å²) in [5, 5.41) is 0.838. The number of fused-ring (bicyclic) bond motifs is 1. The van der Waals surface area contributed by atoms with Crippen molar-refractivity contribution in [3.63, 3.8) is 0 Å². The van der Waals surface area contributed by atoms with Crippen LogP contribution in [-0.2, 0) is 21.1 Å². The summed E-state index contributed by atoms with van der Waals surface area (Å²) in [6.07, 6.45) is 0.987. The Labute approximate surface area is 161 Å². The van der Waals surface area contributed by atoms with Gasteiger partial charge >= 0.3 is 0 Å². The van der Waals surface area contributed by atoms with Crippen molar-refractivity contribution < 1.29 is 17.6 Å². The molecule has 0 fully saturated rings. The third kappa shape index (κ3) is 3.87. The van der Waals surface area contributed by atoms with Crippen LogP contribution in [0.3, 0.4) is 0 Å². The number of hydrogen-bond donors (Lipinski definition) is 0. The molecular weight excluding hydrogens is 400 g/mol. The molecule has 2 aromatic carbocycles. The van der Waals surface area contributed by atoms with Crippen LogP contribution >= 0.6 is 23.2 Å². The molecule has 8 heteroatoms. The fourth-order valence-corrected chi connectivity index (χ4v) is 4.61. The van der Waals surface area contributed by atoms with Crippen molar-refractivity contribution in [1.29, 1.82) is 0 Å². The number of anilines is 1. The van der Waals surface area contributed by atoms with E-state index in [0.717, 1.165) is 0 Å². The van der Waals surface area contributed by atoms with E-state index < -0.39 is 21.6 Å². The predicted molar refractivity (Wildman–Crippen MR) is 100 cm³/mol. The van der Waals surface area contributed by atoms with E-state index in [1.54, 1.807) is 0 Å². The van der Waals surface area contributed by atoms with Crippen LogP contribution in [0.15, 0.2) is 41.3 Å². The van der Waals surface area contributed by atoms with E-state index in [2.05, 4.69) is 0 Å². The Morgan fingerprint density at radius 2 is 1.81 bits per heavy atom. The molecule has 4 nitrogen and oxygen atoms in total. The maximum absolute atomic E-state index is 14.3. The molecular formula is C18H16Cl2FNO3S. The van der Waals surface area contributed by atoms with Gasteiger partial charge in [0, 0.05) is 23.0 Å². The fraction of sp³-hybridized carbons (Fsp3) is 0.278. The molecule has 0 atom stereocenters. The summed E-state index contributed by atoms with van der Waals surface area (Å²) >= 11 is 11.9. The molecule has 138 valence electrons. The monoisotopic (exact) mass is 415 g/mol. The standard InChI is InChI=1S/C18H16Cl2FNO3S/c19-12-3-5-13(6-4-12)26(24,25)11-9-17(23)22-10-1-2-14-15(20)7-8-16(21)18(14)22/h3-8H,1-2,9-11H2. The van der Waals surface area contributed by atoms with Gasteiger partial charge in [-0.3, -0.25) is 4.79 Å². The molecule has 1 aliphatic rings. The Morgan fingerprint density at radius 1 is 1.12 bits per heavy atom. The molecule has 0 aromatic heterocycles. The maximum atomic E-state index is 14.3. The van der Waals surface area contributed by atoms with Crippen LogP contribution in [0.25, 0.3) is 0 Å². The number of nitrogens with zero attached hydrogens (tertiary/aromatic N) is 1. The fourth-order valence-electron chi connectivity index (χ4n) is 3.00. The van der Waals surface area contributed by atoms with Crippen LogP contribution in [0, 0.1) is 5.82 Å². The van der Waals surface area contributed by atoms with E-state index >= 15 is 0 Å². The predicted octanol–water partition coefficient (Wildman–Crippen LogP) is 4.28. The number of halogens is 3. The highest BCUT2D eigenvalue weighted by molar-refractivity contribution is 7.91. The van der Waals surface area contributed by atoms with Gasteiger partial charge in [0.15, 0.2) is 9.84 Å². The van der Waals surface area contributed by atoms with Crippen molar-refractivity contribution in [1.82, 2.24) is 0 Å². The number of sulfone groups is 1. The van der Waals surface area contributed by atoms with Crippen molar-refractivity contribution in [2.45, 2.75) is 24.2 Å². The van der Waals surface area contributed by atoms with E-state index in [4.69, 9.17) is 23.2 Å². The first-order valence-corrected chi connectivity index (χ1v) is 10.5. The zero-order valence-electron chi connectivity index (χ0n) is 13.7. The molecule has 0 saturated carbocycles. The van der Waals surface area contributed by atoms with E-state index in [1.807, 2.05) is 0 Å². The highest BCUT2D eigenvalue weighted by Gasteiger charge is 2.28. The number of hydrogen-bond acceptors (Lipinski definition) is 3. The van der Waals surface area contributed by atoms with Gasteiger partial charge in [0.2, 0.25) is 5.91 Å². The van der Waals surface area contributed by atoms with Gasteiger partial charge in [-0.2, -0.15) is 0 Å². The minimum Gasteiger partial charge on any atom is -0.309 e. The van der Waals surface area contributed by atoms with Crippen molar-refractivity contribution in [2.75, 3.05) is 17.2 Å². The molecule has 1 aliphatic heterocycles. The minimum absolute atomic E-state index is 0.1000. The first-order chi connectivity index (χ1) is 12.3. The third-order valence-corrected chi connectivity index (χ3v) is 6.65. The van der Waals surface area contributed by atoms with E-state index in [-0.39, 0.29) is 22.8 Å². The summed E-state index contributed by atoms with van der Waals surface area (Å²) in [7, 11) is -3.63. The maximum Gasteiger partial charge on any atom is 0.228 e. The van der Waals surface area contributed by atoms with Crippen LogP contribution in [0.4, 0.5) is 10.1 Å². The summed E-state index contributed by atoms with van der Waals surface area (Å²) in [4.78, 5) is 14.0. The summed E-state index contributed by atoms with van der Waals surface area (Å²) in [5.74, 6) is -1.33. The molecule has 0 unspecified atom stereocenters. The lowest BCUT2D eigenvalue weighted by Gasteiger charge is -2.30. The lowest BCUT2D eigenvalue weighted by atomic mass is 10.0. The van der Waals surface area contributed by atoms with Crippen LogP contribution < -0.4 is 4.90 Å². The van der Waals surface area contributed by atoms with Crippen molar-refractivity contribution in [2.24, 2.45) is 0 Å². The van der Waals surface area contributed by atoms with E-state index in [0.29, 0.717) is 35.0 Å². The van der Waals surface area contributed by atoms with Crippen molar-refractivity contribution in [3.8, 4) is 0 Å². The van der Waals surface area contributed by atoms with Crippen LogP contribution in [0.2, 0.25) is 10.0 Å². The number of carbonyl (C=O) groups is 1. The Balaban J connectivity index is 1.78. The van der Waals surface area contributed by atoms with Crippen LogP contribution in [0.5, 0.6) is 0 Å². The Bertz CT molecular complexity index is 946. The van der Waals surface area contributed by atoms with Gasteiger partial charge in [0.05, 0.1) is 16.3 Å². The van der Waals surface area contributed by atoms with Gasteiger partial charge < -0.3 is 4.90 Å².